The van der Waals surface area contributed by atoms with Gasteiger partial charge in [0.15, 0.2) is 5.11 Å². The second-order valence-electron chi connectivity index (χ2n) is 6.79. The number of thiocarbonyl (C=S) groups is 1. The molecule has 0 atom stereocenters. The van der Waals surface area contributed by atoms with Crippen LogP contribution >= 0.6 is 12.2 Å². The summed E-state index contributed by atoms with van der Waals surface area (Å²) in [7, 11) is 2.05. The Labute approximate surface area is 152 Å². The first-order valence-corrected chi connectivity index (χ1v) is 9.35. The molecule has 0 radical (unpaired) electrons. The number of hydrogen-bond acceptors (Lipinski definition) is 3. The summed E-state index contributed by atoms with van der Waals surface area (Å²) in [5.41, 5.74) is 2.67. The van der Waals surface area contributed by atoms with E-state index in [1.807, 2.05) is 7.05 Å². The largest absolute Gasteiger partial charge is 0.379 e. The molecule has 4 nitrogen and oxygen atoms in total. The zero-order valence-electron chi connectivity index (χ0n) is 15.3. The van der Waals surface area contributed by atoms with Gasteiger partial charge in [-0.1, -0.05) is 38.1 Å². The maximum absolute atomic E-state index is 5.49. The summed E-state index contributed by atoms with van der Waals surface area (Å²) in [6, 6.07) is 8.83. The zero-order chi connectivity index (χ0) is 17.4. The first-order chi connectivity index (χ1) is 11.6. The molecule has 1 heterocycles. The van der Waals surface area contributed by atoms with Crippen LogP contribution in [0.15, 0.2) is 24.3 Å². The van der Waals surface area contributed by atoms with Crippen molar-refractivity contribution in [1.82, 2.24) is 15.1 Å². The van der Waals surface area contributed by atoms with E-state index in [0.29, 0.717) is 5.92 Å². The lowest BCUT2D eigenvalue weighted by Gasteiger charge is -2.27. The molecule has 0 bridgehead atoms. The van der Waals surface area contributed by atoms with Gasteiger partial charge in [-0.15, -0.1) is 0 Å². The summed E-state index contributed by atoms with van der Waals surface area (Å²) in [5, 5.41) is 4.20. The first-order valence-electron chi connectivity index (χ1n) is 8.94. The van der Waals surface area contributed by atoms with Crippen molar-refractivity contribution in [3.05, 3.63) is 35.4 Å². The molecule has 1 aliphatic rings. The Morgan fingerprint density at radius 1 is 1.25 bits per heavy atom. The van der Waals surface area contributed by atoms with Crippen molar-refractivity contribution < 1.29 is 4.74 Å². The van der Waals surface area contributed by atoms with Gasteiger partial charge >= 0.3 is 0 Å². The van der Waals surface area contributed by atoms with Crippen molar-refractivity contribution in [2.24, 2.45) is 0 Å². The van der Waals surface area contributed by atoms with E-state index in [4.69, 9.17) is 17.0 Å². The van der Waals surface area contributed by atoms with Crippen LogP contribution in [0, 0.1) is 0 Å². The maximum atomic E-state index is 5.49. The van der Waals surface area contributed by atoms with Gasteiger partial charge in [0.05, 0.1) is 13.2 Å². The Hall–Kier alpha value is -1.17. The quantitative estimate of drug-likeness (QED) is 0.604. The number of hydrogen-bond donors (Lipinski definition) is 1. The highest BCUT2D eigenvalue weighted by molar-refractivity contribution is 7.80. The molecule has 0 amide bonds. The minimum Gasteiger partial charge on any atom is -0.379 e. The van der Waals surface area contributed by atoms with E-state index in [0.717, 1.165) is 57.5 Å². The van der Waals surface area contributed by atoms with Gasteiger partial charge in [-0.2, -0.15) is 0 Å². The van der Waals surface area contributed by atoms with Gasteiger partial charge in [0.1, 0.15) is 0 Å². The molecule has 1 aromatic carbocycles. The highest BCUT2D eigenvalue weighted by Crippen LogP contribution is 2.15. The third-order valence-corrected chi connectivity index (χ3v) is 4.90. The Morgan fingerprint density at radius 3 is 2.54 bits per heavy atom. The first kappa shape index (κ1) is 19.2. The van der Waals surface area contributed by atoms with Crippen molar-refractivity contribution in [2.75, 3.05) is 46.4 Å². The molecule has 0 aliphatic carbocycles. The lowest BCUT2D eigenvalue weighted by atomic mass is 10.0. The highest BCUT2D eigenvalue weighted by Gasteiger charge is 2.10. The second-order valence-corrected chi connectivity index (χ2v) is 7.18. The van der Waals surface area contributed by atoms with Gasteiger partial charge in [-0.05, 0) is 42.2 Å². The Bertz CT molecular complexity index is 498. The molecule has 2 rings (SSSR count). The lowest BCUT2D eigenvalue weighted by molar-refractivity contribution is 0.0376. The minimum atomic E-state index is 0.575. The molecule has 1 fully saturated rings. The molecule has 5 heteroatoms. The predicted molar refractivity (Wildman–Crippen MR) is 104 cm³/mol. The van der Waals surface area contributed by atoms with E-state index < -0.39 is 0 Å². The fourth-order valence-corrected chi connectivity index (χ4v) is 2.98. The van der Waals surface area contributed by atoms with Gasteiger partial charge < -0.3 is 15.0 Å². The summed E-state index contributed by atoms with van der Waals surface area (Å²) < 4.78 is 5.37. The smallest absolute Gasteiger partial charge is 0.168 e. The van der Waals surface area contributed by atoms with E-state index in [2.05, 4.69) is 53.2 Å². The molecule has 0 spiro atoms. The Morgan fingerprint density at radius 2 is 1.92 bits per heavy atom. The van der Waals surface area contributed by atoms with Gasteiger partial charge in [0.2, 0.25) is 0 Å². The van der Waals surface area contributed by atoms with E-state index in [-0.39, 0.29) is 0 Å². The van der Waals surface area contributed by atoms with Gasteiger partial charge in [0, 0.05) is 33.2 Å². The molecule has 1 aromatic rings. The number of nitrogens with one attached hydrogen (secondary N) is 1. The molecule has 1 N–H and O–H groups in total. The average molecular weight is 350 g/mol. The van der Waals surface area contributed by atoms with Gasteiger partial charge in [0.25, 0.3) is 0 Å². The SMILES string of the molecule is CC(C)c1ccc(CN(C)C(=S)NCCCN2CCOCC2)cc1. The zero-order valence-corrected chi connectivity index (χ0v) is 16.1. The number of morpholine rings is 1. The van der Waals surface area contributed by atoms with E-state index >= 15 is 0 Å². The molecular weight excluding hydrogens is 318 g/mol. The van der Waals surface area contributed by atoms with Crippen LogP contribution in [-0.4, -0.2) is 61.4 Å². The maximum Gasteiger partial charge on any atom is 0.168 e. The van der Waals surface area contributed by atoms with Crippen LogP contribution in [0.5, 0.6) is 0 Å². The Kier molecular flexibility index (Phi) is 7.95. The topological polar surface area (TPSA) is 27.7 Å². The highest BCUT2D eigenvalue weighted by atomic mass is 32.1. The van der Waals surface area contributed by atoms with Gasteiger partial charge in [-0.25, -0.2) is 0 Å². The summed E-state index contributed by atoms with van der Waals surface area (Å²) in [5.74, 6) is 0.575. The van der Waals surface area contributed by atoms with Crippen molar-refractivity contribution in [3.63, 3.8) is 0 Å². The third-order valence-electron chi connectivity index (χ3n) is 4.44. The minimum absolute atomic E-state index is 0.575. The van der Waals surface area contributed by atoms with Crippen LogP contribution in [0.1, 0.15) is 37.3 Å². The normalized spacial score (nSPS) is 15.5. The molecule has 0 unspecified atom stereocenters. The molecule has 24 heavy (non-hydrogen) atoms. The average Bonchev–Trinajstić information content (AvgIpc) is 2.60. The summed E-state index contributed by atoms with van der Waals surface area (Å²) in [4.78, 5) is 4.56. The van der Waals surface area contributed by atoms with E-state index in [9.17, 15) is 0 Å². The predicted octanol–water partition coefficient (Wildman–Crippen LogP) is 2.84. The Balaban J connectivity index is 1.65. The summed E-state index contributed by atoms with van der Waals surface area (Å²) in [6.45, 7) is 11.1. The number of nitrogens with zero attached hydrogens (tertiary/aromatic N) is 2. The molecule has 0 saturated carbocycles. The molecule has 0 aromatic heterocycles. The van der Waals surface area contributed by atoms with Crippen LogP contribution in [0.25, 0.3) is 0 Å². The van der Waals surface area contributed by atoms with Crippen molar-refractivity contribution in [3.8, 4) is 0 Å². The summed E-state index contributed by atoms with van der Waals surface area (Å²) in [6.07, 6.45) is 1.11. The monoisotopic (exact) mass is 349 g/mol. The fourth-order valence-electron chi connectivity index (χ4n) is 2.81. The third kappa shape index (κ3) is 6.38. The second kappa shape index (κ2) is 9.97. The number of rotatable bonds is 7. The van der Waals surface area contributed by atoms with Crippen molar-refractivity contribution in [1.29, 1.82) is 0 Å². The molecule has 134 valence electrons. The molecule has 1 aliphatic heterocycles. The van der Waals surface area contributed by atoms with E-state index in [1.54, 1.807) is 0 Å². The van der Waals surface area contributed by atoms with Crippen LogP contribution < -0.4 is 5.32 Å². The number of ether oxygens (including phenoxy) is 1. The van der Waals surface area contributed by atoms with Gasteiger partial charge in [-0.3, -0.25) is 4.90 Å². The van der Waals surface area contributed by atoms with E-state index in [1.165, 1.54) is 11.1 Å². The van der Waals surface area contributed by atoms with Crippen molar-refractivity contribution >= 4 is 17.3 Å². The molecular formula is C19H31N3OS. The van der Waals surface area contributed by atoms with Crippen LogP contribution in [0.3, 0.4) is 0 Å². The van der Waals surface area contributed by atoms with Crippen molar-refractivity contribution in [2.45, 2.75) is 32.7 Å². The lowest BCUT2D eigenvalue weighted by Crippen LogP contribution is -2.40. The standard InChI is InChI=1S/C19H31N3OS/c1-16(2)18-7-5-17(6-8-18)15-21(3)19(24)20-9-4-10-22-11-13-23-14-12-22/h5-8,16H,4,9-15H2,1-3H3,(H,20,24). The summed E-state index contributed by atoms with van der Waals surface area (Å²) >= 11 is 5.49. The number of benzene rings is 1. The van der Waals surface area contributed by atoms with Crippen LogP contribution in [0.4, 0.5) is 0 Å². The van der Waals surface area contributed by atoms with Crippen LogP contribution in [-0.2, 0) is 11.3 Å². The van der Waals surface area contributed by atoms with Crippen LogP contribution in [0.2, 0.25) is 0 Å². The molecule has 1 saturated heterocycles. The fraction of sp³-hybridized carbons (Fsp3) is 0.632.